The molecule has 0 spiro atoms. The van der Waals surface area contributed by atoms with E-state index in [2.05, 4.69) is 10.0 Å². The van der Waals surface area contributed by atoms with Crippen LogP contribution < -0.4 is 10.0 Å². The Morgan fingerprint density at radius 3 is 2.55 bits per heavy atom. The van der Waals surface area contributed by atoms with Gasteiger partial charge in [0.1, 0.15) is 5.82 Å². The van der Waals surface area contributed by atoms with E-state index in [1.807, 2.05) is 20.8 Å². The molecule has 0 aliphatic carbocycles. The number of rotatable bonds is 7. The molecule has 1 aromatic carbocycles. The maximum atomic E-state index is 13.7. The Morgan fingerprint density at radius 1 is 1.35 bits per heavy atom. The van der Waals surface area contributed by atoms with Crippen molar-refractivity contribution in [3.8, 4) is 0 Å². The van der Waals surface area contributed by atoms with Crippen LogP contribution in [0.2, 0.25) is 5.02 Å². The van der Waals surface area contributed by atoms with E-state index < -0.39 is 15.8 Å². The van der Waals surface area contributed by atoms with E-state index in [0.717, 1.165) is 6.07 Å². The SMILES string of the molecule is CCNCc1cc(S(=O)(=O)NCC(C)C)cc(F)c1Cl. The standard InChI is InChI=1S/C13H20ClFN2O2S/c1-4-16-8-10-5-11(6-12(15)13(10)14)20(18,19)17-7-9(2)3/h5-6,9,16-17H,4,7-8H2,1-3H3. The second-order valence-electron chi connectivity index (χ2n) is 4.90. The summed E-state index contributed by atoms with van der Waals surface area (Å²) in [6, 6.07) is 2.34. The van der Waals surface area contributed by atoms with E-state index in [1.165, 1.54) is 6.07 Å². The average Bonchev–Trinajstić information content (AvgIpc) is 2.38. The maximum absolute atomic E-state index is 13.7. The number of hydrogen-bond donors (Lipinski definition) is 2. The summed E-state index contributed by atoms with van der Waals surface area (Å²) in [5.74, 6) is -0.560. The second kappa shape index (κ2) is 7.36. The van der Waals surface area contributed by atoms with Crippen LogP contribution in [0.5, 0.6) is 0 Å². The lowest BCUT2D eigenvalue weighted by atomic mass is 10.2. The Balaban J connectivity index is 3.09. The molecule has 0 atom stereocenters. The molecule has 0 saturated heterocycles. The van der Waals surface area contributed by atoms with E-state index in [4.69, 9.17) is 11.6 Å². The van der Waals surface area contributed by atoms with Crippen LogP contribution in [0.1, 0.15) is 26.3 Å². The first-order valence-corrected chi connectivity index (χ1v) is 8.32. The molecule has 1 rings (SSSR count). The fourth-order valence-electron chi connectivity index (χ4n) is 1.52. The first kappa shape index (κ1) is 17.4. The minimum Gasteiger partial charge on any atom is -0.313 e. The summed E-state index contributed by atoms with van der Waals surface area (Å²) in [6.45, 7) is 6.98. The molecule has 2 N–H and O–H groups in total. The monoisotopic (exact) mass is 322 g/mol. The number of hydrogen-bond acceptors (Lipinski definition) is 3. The molecule has 20 heavy (non-hydrogen) atoms. The summed E-state index contributed by atoms with van der Waals surface area (Å²) in [5.41, 5.74) is 0.429. The van der Waals surface area contributed by atoms with Crippen molar-refractivity contribution in [3.63, 3.8) is 0 Å². The minimum atomic E-state index is -3.72. The summed E-state index contributed by atoms with van der Waals surface area (Å²) >= 11 is 5.85. The van der Waals surface area contributed by atoms with Crippen LogP contribution in [0.15, 0.2) is 17.0 Å². The molecule has 0 saturated carbocycles. The number of halogens is 2. The molecule has 7 heteroatoms. The molecule has 1 aromatic rings. The third kappa shape index (κ3) is 4.70. The van der Waals surface area contributed by atoms with Crippen LogP contribution in [0.25, 0.3) is 0 Å². The fraction of sp³-hybridized carbons (Fsp3) is 0.538. The van der Waals surface area contributed by atoms with Crippen LogP contribution >= 0.6 is 11.6 Å². The molecule has 0 aliphatic rings. The lowest BCUT2D eigenvalue weighted by Crippen LogP contribution is -2.28. The van der Waals surface area contributed by atoms with Gasteiger partial charge in [0.25, 0.3) is 0 Å². The van der Waals surface area contributed by atoms with E-state index >= 15 is 0 Å². The first-order chi connectivity index (χ1) is 9.27. The summed E-state index contributed by atoms with van der Waals surface area (Å²) < 4.78 is 40.4. The summed E-state index contributed by atoms with van der Waals surface area (Å²) in [7, 11) is -3.72. The molecule has 0 aliphatic heterocycles. The highest BCUT2D eigenvalue weighted by molar-refractivity contribution is 7.89. The van der Waals surface area contributed by atoms with Crippen molar-refractivity contribution in [1.29, 1.82) is 0 Å². The van der Waals surface area contributed by atoms with Crippen LogP contribution in [0.3, 0.4) is 0 Å². The molecule has 0 aromatic heterocycles. The van der Waals surface area contributed by atoms with Crippen molar-refractivity contribution in [2.75, 3.05) is 13.1 Å². The van der Waals surface area contributed by atoms with Crippen LogP contribution in [-0.2, 0) is 16.6 Å². The molecule has 0 bridgehead atoms. The van der Waals surface area contributed by atoms with E-state index in [9.17, 15) is 12.8 Å². The van der Waals surface area contributed by atoms with Crippen LogP contribution in [-0.4, -0.2) is 21.5 Å². The van der Waals surface area contributed by atoms with Crippen molar-refractivity contribution >= 4 is 21.6 Å². The molecule has 0 fully saturated rings. The molecule has 0 radical (unpaired) electrons. The van der Waals surface area contributed by atoms with E-state index in [-0.39, 0.29) is 15.8 Å². The van der Waals surface area contributed by atoms with E-state index in [1.54, 1.807) is 0 Å². The topological polar surface area (TPSA) is 58.2 Å². The largest absolute Gasteiger partial charge is 0.313 e. The third-order valence-electron chi connectivity index (χ3n) is 2.63. The second-order valence-corrected chi connectivity index (χ2v) is 7.05. The van der Waals surface area contributed by atoms with Crippen LogP contribution in [0, 0.1) is 11.7 Å². The highest BCUT2D eigenvalue weighted by Gasteiger charge is 2.18. The summed E-state index contributed by atoms with van der Waals surface area (Å²) in [4.78, 5) is -0.104. The fourth-order valence-corrected chi connectivity index (χ4v) is 2.97. The number of nitrogens with one attached hydrogen (secondary N) is 2. The van der Waals surface area contributed by atoms with Gasteiger partial charge in [0.2, 0.25) is 10.0 Å². The van der Waals surface area contributed by atoms with Crippen molar-refractivity contribution in [3.05, 3.63) is 28.5 Å². The van der Waals surface area contributed by atoms with Gasteiger partial charge in [0, 0.05) is 13.1 Å². The molecule has 0 heterocycles. The molecule has 114 valence electrons. The smallest absolute Gasteiger partial charge is 0.240 e. The summed E-state index contributed by atoms with van der Waals surface area (Å²) in [6.07, 6.45) is 0. The lowest BCUT2D eigenvalue weighted by molar-refractivity contribution is 0.557. The molecule has 4 nitrogen and oxygen atoms in total. The third-order valence-corrected chi connectivity index (χ3v) is 4.46. The molecular weight excluding hydrogens is 303 g/mol. The quantitative estimate of drug-likeness (QED) is 0.811. The zero-order chi connectivity index (χ0) is 15.3. The predicted octanol–water partition coefficient (Wildman–Crippen LogP) is 2.52. The van der Waals surface area contributed by atoms with Crippen molar-refractivity contribution in [2.45, 2.75) is 32.2 Å². The predicted molar refractivity (Wildman–Crippen MR) is 78.8 cm³/mol. The molecular formula is C13H20ClFN2O2S. The Bertz CT molecular complexity index is 562. The highest BCUT2D eigenvalue weighted by Crippen LogP contribution is 2.24. The maximum Gasteiger partial charge on any atom is 0.240 e. The average molecular weight is 323 g/mol. The van der Waals surface area contributed by atoms with Gasteiger partial charge in [0.05, 0.1) is 9.92 Å². The van der Waals surface area contributed by atoms with Gasteiger partial charge in [-0.2, -0.15) is 0 Å². The Hall–Kier alpha value is -0.690. The zero-order valence-corrected chi connectivity index (χ0v) is 13.4. The van der Waals surface area contributed by atoms with Gasteiger partial charge in [-0.1, -0.05) is 32.4 Å². The highest BCUT2D eigenvalue weighted by atomic mass is 35.5. The zero-order valence-electron chi connectivity index (χ0n) is 11.8. The van der Waals surface area contributed by atoms with Gasteiger partial charge in [-0.05, 0) is 30.2 Å². The van der Waals surface area contributed by atoms with Crippen molar-refractivity contribution in [1.82, 2.24) is 10.0 Å². The van der Waals surface area contributed by atoms with Gasteiger partial charge in [-0.3, -0.25) is 0 Å². The van der Waals surface area contributed by atoms with Crippen molar-refractivity contribution < 1.29 is 12.8 Å². The number of sulfonamides is 1. The van der Waals surface area contributed by atoms with Gasteiger partial charge >= 0.3 is 0 Å². The summed E-state index contributed by atoms with van der Waals surface area (Å²) in [5, 5.41) is 2.95. The van der Waals surface area contributed by atoms with E-state index in [0.29, 0.717) is 25.2 Å². The molecule has 0 amide bonds. The minimum absolute atomic E-state index is 0.0474. The number of benzene rings is 1. The molecule has 0 unspecified atom stereocenters. The Labute approximate surface area is 124 Å². The van der Waals surface area contributed by atoms with Gasteiger partial charge < -0.3 is 5.32 Å². The van der Waals surface area contributed by atoms with Crippen LogP contribution in [0.4, 0.5) is 4.39 Å². The lowest BCUT2D eigenvalue weighted by Gasteiger charge is -2.12. The first-order valence-electron chi connectivity index (χ1n) is 6.46. The van der Waals surface area contributed by atoms with Gasteiger partial charge in [-0.25, -0.2) is 17.5 Å². The normalized spacial score (nSPS) is 12.1. The van der Waals surface area contributed by atoms with Crippen molar-refractivity contribution in [2.24, 2.45) is 5.92 Å². The Kier molecular flexibility index (Phi) is 6.39. The Morgan fingerprint density at radius 2 is 2.00 bits per heavy atom. The van der Waals surface area contributed by atoms with Gasteiger partial charge in [-0.15, -0.1) is 0 Å². The van der Waals surface area contributed by atoms with Gasteiger partial charge in [0.15, 0.2) is 0 Å².